The second kappa shape index (κ2) is 13.2. The van der Waals surface area contributed by atoms with Gasteiger partial charge in [-0.05, 0) is 176 Å². The van der Waals surface area contributed by atoms with Crippen LogP contribution in [0.1, 0.15) is 111 Å². The minimum absolute atomic E-state index is 0.165. The third-order valence-corrected chi connectivity index (χ3v) is 18.0. The lowest BCUT2D eigenvalue weighted by molar-refractivity contribution is 0.649. The van der Waals surface area contributed by atoms with Crippen LogP contribution in [0.5, 0.6) is 0 Å². The summed E-state index contributed by atoms with van der Waals surface area (Å²) in [6.07, 6.45) is 0. The van der Waals surface area contributed by atoms with E-state index in [1.807, 2.05) is 0 Å². The summed E-state index contributed by atoms with van der Waals surface area (Å²) >= 11 is 0. The molecule has 0 spiro atoms. The molecule has 0 unspecified atom stereocenters. The number of para-hydroxylation sites is 2. The zero-order chi connectivity index (χ0) is 48.4. The molecule has 344 valence electrons. The number of rotatable bonds is 3. The highest BCUT2D eigenvalue weighted by atomic mass is 16.3. The topological polar surface area (TPSA) is 29.5 Å². The second-order valence-electron chi connectivity index (χ2n) is 23.4. The van der Waals surface area contributed by atoms with E-state index in [1.165, 1.54) is 139 Å². The Labute approximate surface area is 415 Å². The van der Waals surface area contributed by atoms with Crippen LogP contribution in [0.2, 0.25) is 0 Å². The molecule has 0 radical (unpaired) electrons. The molecule has 0 saturated carbocycles. The van der Waals surface area contributed by atoms with Gasteiger partial charge in [0.2, 0.25) is 0 Å². The van der Waals surface area contributed by atoms with Gasteiger partial charge in [-0.2, -0.15) is 0 Å². The zero-order valence-corrected chi connectivity index (χ0v) is 42.2. The molecule has 0 fully saturated rings. The van der Waals surface area contributed by atoms with Gasteiger partial charge in [-0.3, -0.25) is 0 Å². The maximum Gasteiger partial charge on any atom is 0.143 e. The van der Waals surface area contributed by atoms with E-state index in [0.29, 0.717) is 0 Å². The Hall–Kier alpha value is -7.62. The molecular formula is C68H55NO2. The first-order valence-electron chi connectivity index (χ1n) is 25.5. The summed E-state index contributed by atoms with van der Waals surface area (Å²) in [6.45, 7) is 23.7. The Morgan fingerprint density at radius 1 is 0.352 bits per heavy atom. The molecule has 0 atom stereocenters. The molecule has 11 aromatic rings. The summed E-state index contributed by atoms with van der Waals surface area (Å²) < 4.78 is 13.2. The molecule has 3 heteroatoms. The van der Waals surface area contributed by atoms with Crippen LogP contribution in [-0.4, -0.2) is 0 Å². The lowest BCUT2D eigenvalue weighted by atomic mass is 9.79. The van der Waals surface area contributed by atoms with E-state index < -0.39 is 0 Å². The molecule has 2 aromatic heterocycles. The molecule has 3 nitrogen and oxygen atoms in total. The quantitative estimate of drug-likeness (QED) is 0.177. The molecule has 4 aliphatic rings. The van der Waals surface area contributed by atoms with Gasteiger partial charge in [-0.25, -0.2) is 0 Å². The summed E-state index contributed by atoms with van der Waals surface area (Å²) in [7, 11) is 0. The molecule has 71 heavy (non-hydrogen) atoms. The van der Waals surface area contributed by atoms with Crippen LogP contribution >= 0.6 is 0 Å². The highest BCUT2D eigenvalue weighted by Crippen LogP contribution is 2.61. The first-order chi connectivity index (χ1) is 34.0. The highest BCUT2D eigenvalue weighted by molar-refractivity contribution is 6.16. The zero-order valence-electron chi connectivity index (χ0n) is 42.2. The Kier molecular flexibility index (Phi) is 7.66. The van der Waals surface area contributed by atoms with Gasteiger partial charge in [0.1, 0.15) is 22.3 Å². The van der Waals surface area contributed by atoms with Crippen LogP contribution in [0.4, 0.5) is 17.1 Å². The van der Waals surface area contributed by atoms with Gasteiger partial charge in [0, 0.05) is 65.8 Å². The highest BCUT2D eigenvalue weighted by Gasteiger charge is 2.45. The largest absolute Gasteiger partial charge is 0.456 e. The monoisotopic (exact) mass is 917 g/mol. The Morgan fingerprint density at radius 3 is 1.46 bits per heavy atom. The Morgan fingerprint density at radius 2 is 0.845 bits per heavy atom. The number of hydrogen-bond donors (Lipinski definition) is 0. The van der Waals surface area contributed by atoms with E-state index in [0.717, 1.165) is 22.3 Å². The van der Waals surface area contributed by atoms with Crippen molar-refractivity contribution in [3.05, 3.63) is 207 Å². The van der Waals surface area contributed by atoms with E-state index in [-0.39, 0.29) is 21.7 Å². The average Bonchev–Trinajstić information content (AvgIpc) is 4.14. The molecule has 0 aliphatic heterocycles. The summed E-state index contributed by atoms with van der Waals surface area (Å²) in [5.41, 5.74) is 30.5. The van der Waals surface area contributed by atoms with Crippen LogP contribution < -0.4 is 4.90 Å². The normalized spacial score (nSPS) is 16.5. The molecule has 2 heterocycles. The molecule has 4 aliphatic carbocycles. The third kappa shape index (κ3) is 5.09. The van der Waals surface area contributed by atoms with Crippen molar-refractivity contribution in [3.63, 3.8) is 0 Å². The number of anilines is 3. The van der Waals surface area contributed by atoms with Crippen LogP contribution in [0.25, 0.3) is 88.4 Å². The maximum absolute atomic E-state index is 6.74. The van der Waals surface area contributed by atoms with Crippen molar-refractivity contribution >= 4 is 60.9 Å². The first kappa shape index (κ1) is 41.2. The molecule has 0 saturated heterocycles. The van der Waals surface area contributed by atoms with Crippen LogP contribution in [0.15, 0.2) is 160 Å². The lowest BCUT2D eigenvalue weighted by Gasteiger charge is -2.31. The van der Waals surface area contributed by atoms with Gasteiger partial charge in [-0.15, -0.1) is 0 Å². The number of benzene rings is 9. The van der Waals surface area contributed by atoms with Crippen molar-refractivity contribution in [2.75, 3.05) is 4.90 Å². The van der Waals surface area contributed by atoms with E-state index in [9.17, 15) is 0 Å². The number of aryl methyl sites for hydroxylation is 2. The van der Waals surface area contributed by atoms with Crippen LogP contribution in [0, 0.1) is 13.8 Å². The van der Waals surface area contributed by atoms with Gasteiger partial charge >= 0.3 is 0 Å². The molecule has 9 aromatic carbocycles. The molecular weight excluding hydrogens is 863 g/mol. The summed E-state index contributed by atoms with van der Waals surface area (Å²) in [5.74, 6) is 0. The number of nitrogens with zero attached hydrogens (tertiary/aromatic N) is 1. The van der Waals surface area contributed by atoms with E-state index in [2.05, 4.69) is 226 Å². The predicted molar refractivity (Wildman–Crippen MR) is 295 cm³/mol. The molecule has 15 rings (SSSR count). The van der Waals surface area contributed by atoms with Crippen molar-refractivity contribution in [1.29, 1.82) is 0 Å². The third-order valence-electron chi connectivity index (χ3n) is 18.0. The van der Waals surface area contributed by atoms with Crippen molar-refractivity contribution in [3.8, 4) is 44.5 Å². The van der Waals surface area contributed by atoms with E-state index in [1.54, 1.807) is 0 Å². The Balaban J connectivity index is 0.870. The average molecular weight is 918 g/mol. The standard InChI is InChI=1S/C68H55NO2/c1-36-19-27-57(37(2)29-36)69(38-20-22-40-45-32-55-47(34-53(45)67(7,8)51(40)30-38)61-49(65(55,3)4)26-28-60-63(61)44-16-12-14-18-59(44)70-60)39-21-23-41-46-33-56-48(35-54(46)68(9,10)52(41)31-39)62-50(66(56,5)6)25-24-43-42-15-11-13-17-58(42)71-64(43)62/h11-35H,1-10H3. The fourth-order valence-electron chi connectivity index (χ4n) is 14.2. The number of hydrogen-bond acceptors (Lipinski definition) is 3. The van der Waals surface area contributed by atoms with Gasteiger partial charge in [-0.1, -0.05) is 140 Å². The number of fused-ring (bicyclic) bond motifs is 20. The van der Waals surface area contributed by atoms with Crippen molar-refractivity contribution in [2.24, 2.45) is 0 Å². The SMILES string of the molecule is Cc1ccc(N(c2ccc3c(c2)C(C)(C)c2cc4c(cc2-3)C(C)(C)c2ccc3c(oc5ccccc53)c2-4)c2ccc3c(c2)C(C)(C)c2cc4c(cc2-3)C(C)(C)c2ccc3oc5ccccc5c3c2-4)c(C)c1. The number of furan rings is 2. The summed E-state index contributed by atoms with van der Waals surface area (Å²) in [4.78, 5) is 2.52. The molecule has 0 N–H and O–H groups in total. The second-order valence-corrected chi connectivity index (χ2v) is 23.4. The van der Waals surface area contributed by atoms with Crippen molar-refractivity contribution < 1.29 is 8.83 Å². The summed E-state index contributed by atoms with van der Waals surface area (Å²) in [6, 6.07) is 57.6. The molecule has 0 amide bonds. The minimum atomic E-state index is -0.249. The van der Waals surface area contributed by atoms with Crippen molar-refractivity contribution in [2.45, 2.75) is 90.9 Å². The van der Waals surface area contributed by atoms with Crippen LogP contribution in [0.3, 0.4) is 0 Å². The van der Waals surface area contributed by atoms with Crippen molar-refractivity contribution in [1.82, 2.24) is 0 Å². The van der Waals surface area contributed by atoms with Crippen LogP contribution in [-0.2, 0) is 21.7 Å². The van der Waals surface area contributed by atoms with Gasteiger partial charge in [0.25, 0.3) is 0 Å². The van der Waals surface area contributed by atoms with E-state index >= 15 is 0 Å². The fourth-order valence-corrected chi connectivity index (χ4v) is 14.2. The van der Waals surface area contributed by atoms with Gasteiger partial charge in [0.15, 0.2) is 0 Å². The minimum Gasteiger partial charge on any atom is -0.456 e. The molecule has 0 bridgehead atoms. The first-order valence-corrected chi connectivity index (χ1v) is 25.5. The Bertz CT molecular complexity index is 4260. The van der Waals surface area contributed by atoms with Gasteiger partial charge in [0.05, 0.1) is 0 Å². The fraction of sp³-hybridized carbons (Fsp3) is 0.206. The predicted octanol–water partition coefficient (Wildman–Crippen LogP) is 18.8. The maximum atomic E-state index is 6.74. The summed E-state index contributed by atoms with van der Waals surface area (Å²) in [5, 5.41) is 4.77. The van der Waals surface area contributed by atoms with E-state index in [4.69, 9.17) is 8.83 Å². The lowest BCUT2D eigenvalue weighted by Crippen LogP contribution is -2.19. The smallest absolute Gasteiger partial charge is 0.143 e. The van der Waals surface area contributed by atoms with Gasteiger partial charge < -0.3 is 13.7 Å².